The highest BCUT2D eigenvalue weighted by atomic mass is 35.5. The largest absolute Gasteiger partial charge is 0.372 e. The van der Waals surface area contributed by atoms with Crippen molar-refractivity contribution in [2.45, 2.75) is 124 Å². The molecule has 0 radical (unpaired) electrons. The zero-order valence-electron chi connectivity index (χ0n) is 26.4. The number of hydrogen-bond acceptors (Lipinski definition) is 4. The van der Waals surface area contributed by atoms with Crippen molar-refractivity contribution in [3.8, 4) is 0 Å². The molecule has 2 heterocycles. The van der Waals surface area contributed by atoms with Crippen LogP contribution in [0.3, 0.4) is 0 Å². The Morgan fingerprint density at radius 1 is 0.714 bits per heavy atom. The van der Waals surface area contributed by atoms with E-state index in [1.807, 2.05) is 22.9 Å². The van der Waals surface area contributed by atoms with Gasteiger partial charge in [0.25, 0.3) is 0 Å². The van der Waals surface area contributed by atoms with Gasteiger partial charge in [-0.2, -0.15) is 5.10 Å². The molecule has 0 aliphatic carbocycles. The van der Waals surface area contributed by atoms with Gasteiger partial charge in [0.15, 0.2) is 5.82 Å². The summed E-state index contributed by atoms with van der Waals surface area (Å²) < 4.78 is 1.94. The Kier molecular flexibility index (Phi) is 13.4. The Morgan fingerprint density at radius 2 is 1.29 bits per heavy atom. The smallest absolute Gasteiger partial charge is 0.182 e. The number of nitrogens with zero attached hydrogens (tertiary/aromatic N) is 5. The first-order valence-electron chi connectivity index (χ1n) is 16.8. The van der Waals surface area contributed by atoms with E-state index in [1.165, 1.54) is 95.6 Å². The van der Waals surface area contributed by atoms with Crippen molar-refractivity contribution in [1.82, 2.24) is 9.66 Å². The van der Waals surface area contributed by atoms with Gasteiger partial charge >= 0.3 is 0 Å². The van der Waals surface area contributed by atoms with Gasteiger partial charge in [0.2, 0.25) is 0 Å². The van der Waals surface area contributed by atoms with Gasteiger partial charge < -0.3 is 4.90 Å². The van der Waals surface area contributed by atoms with Crippen LogP contribution < -0.4 is 4.90 Å². The van der Waals surface area contributed by atoms with E-state index in [4.69, 9.17) is 26.7 Å². The summed E-state index contributed by atoms with van der Waals surface area (Å²) in [7, 11) is 0. The van der Waals surface area contributed by atoms with Crippen LogP contribution in [0.5, 0.6) is 0 Å². The van der Waals surface area contributed by atoms with Crippen LogP contribution >= 0.6 is 11.6 Å². The van der Waals surface area contributed by atoms with Crippen molar-refractivity contribution in [2.75, 3.05) is 18.0 Å². The Hall–Kier alpha value is -2.66. The lowest BCUT2D eigenvalue weighted by Gasteiger charge is -2.20. The molecule has 5 nitrogen and oxygen atoms in total. The maximum atomic E-state index is 6.33. The molecule has 0 spiro atoms. The van der Waals surface area contributed by atoms with Crippen molar-refractivity contribution in [1.29, 1.82) is 0 Å². The molecule has 42 heavy (non-hydrogen) atoms. The molecule has 3 aromatic rings. The molecule has 1 aliphatic rings. The summed E-state index contributed by atoms with van der Waals surface area (Å²) in [6, 6.07) is 14.3. The van der Waals surface area contributed by atoms with Crippen molar-refractivity contribution < 1.29 is 0 Å². The van der Waals surface area contributed by atoms with Crippen LogP contribution in [0.4, 0.5) is 11.4 Å². The summed E-state index contributed by atoms with van der Waals surface area (Å²) >= 11 is 6.33. The second kappa shape index (κ2) is 17.5. The van der Waals surface area contributed by atoms with E-state index in [0.717, 1.165) is 59.9 Å². The first kappa shape index (κ1) is 32.3. The highest BCUT2D eigenvalue weighted by molar-refractivity contribution is 6.49. The van der Waals surface area contributed by atoms with Gasteiger partial charge in [-0.1, -0.05) is 108 Å². The van der Waals surface area contributed by atoms with Gasteiger partial charge in [-0.3, -0.25) is 0 Å². The topological polar surface area (TPSA) is 45.8 Å². The fourth-order valence-corrected chi connectivity index (χ4v) is 6.16. The minimum Gasteiger partial charge on any atom is -0.372 e. The minimum atomic E-state index is 0.696. The van der Waals surface area contributed by atoms with Gasteiger partial charge in [-0.25, -0.2) is 14.7 Å². The molecular weight excluding hydrogens is 538 g/mol. The van der Waals surface area contributed by atoms with E-state index >= 15 is 0 Å². The monoisotopic (exact) mass is 589 g/mol. The molecule has 228 valence electrons. The van der Waals surface area contributed by atoms with Gasteiger partial charge in [0, 0.05) is 23.8 Å². The molecule has 0 unspecified atom stereocenters. The molecule has 6 heteroatoms. The Labute approximate surface area is 259 Å². The summed E-state index contributed by atoms with van der Waals surface area (Å²) in [6.07, 6.45) is 21.4. The average molecular weight is 590 g/mol. The summed E-state index contributed by atoms with van der Waals surface area (Å²) in [5.74, 6) is 0.816. The Morgan fingerprint density at radius 3 is 1.86 bits per heavy atom. The lowest BCUT2D eigenvalue weighted by molar-refractivity contribution is 0.533. The number of halogens is 1. The van der Waals surface area contributed by atoms with Gasteiger partial charge in [0.1, 0.15) is 5.71 Å². The van der Waals surface area contributed by atoms with E-state index in [0.29, 0.717) is 5.02 Å². The first-order valence-corrected chi connectivity index (χ1v) is 17.2. The molecule has 0 fully saturated rings. The third-order valence-electron chi connectivity index (χ3n) is 8.53. The highest BCUT2D eigenvalue weighted by Gasteiger charge is 2.27. The second-order valence-corrected chi connectivity index (χ2v) is 12.2. The van der Waals surface area contributed by atoms with Crippen LogP contribution in [0.25, 0.3) is 11.0 Å². The van der Waals surface area contributed by atoms with Crippen molar-refractivity contribution in [2.24, 2.45) is 10.1 Å². The molecule has 0 saturated heterocycles. The zero-order chi connectivity index (χ0) is 29.6. The number of imidazole rings is 1. The molecule has 4 rings (SSSR count). The number of rotatable bonds is 20. The summed E-state index contributed by atoms with van der Waals surface area (Å²) in [5, 5.41) is 5.70. The first-order chi connectivity index (χ1) is 20.6. The number of anilines is 1. The third kappa shape index (κ3) is 9.17. The number of benzene rings is 2. The Balaban J connectivity index is 1.27. The van der Waals surface area contributed by atoms with Crippen molar-refractivity contribution >= 4 is 45.4 Å². The van der Waals surface area contributed by atoms with E-state index in [9.17, 15) is 0 Å². The van der Waals surface area contributed by atoms with Crippen LogP contribution in [0, 0.1) is 0 Å². The predicted octanol–water partition coefficient (Wildman–Crippen LogP) is 11.1. The quantitative estimate of drug-likeness (QED) is 0.123. The summed E-state index contributed by atoms with van der Waals surface area (Å²) in [6.45, 7) is 8.65. The normalized spacial score (nSPS) is 13.7. The lowest BCUT2D eigenvalue weighted by atomic mass is 10.0. The molecule has 2 aromatic carbocycles. The fraction of sp³-hybridized carbons (Fsp3) is 0.583. The van der Waals surface area contributed by atoms with Gasteiger partial charge in [-0.05, 0) is 69.2 Å². The van der Waals surface area contributed by atoms with E-state index in [-0.39, 0.29) is 0 Å². The standard InChI is InChI=1S/C36H52ClN5/c1-4-7-8-9-10-11-12-13-14-15-16-17-18-19-20-21-33-35(38-30-23-25-31(26-24-30)41(5-2)6-3)36-39-32-27-22-29(37)28-34(32)42(36)40-33/h22-28H,4-21H2,1-3H3. The zero-order valence-corrected chi connectivity index (χ0v) is 27.1. The molecule has 0 atom stereocenters. The number of fused-ring (bicyclic) bond motifs is 3. The molecular formula is C36H52ClN5. The van der Waals surface area contributed by atoms with Crippen molar-refractivity contribution in [3.63, 3.8) is 0 Å². The average Bonchev–Trinajstić information content (AvgIpc) is 3.52. The van der Waals surface area contributed by atoms with Crippen LogP contribution in [0.2, 0.25) is 5.02 Å². The molecule has 1 aliphatic heterocycles. The van der Waals surface area contributed by atoms with Crippen LogP contribution in [-0.4, -0.2) is 34.2 Å². The fourth-order valence-electron chi connectivity index (χ4n) is 5.99. The molecule has 0 N–H and O–H groups in total. The number of unbranched alkanes of at least 4 members (excludes halogenated alkanes) is 14. The summed E-state index contributed by atoms with van der Waals surface area (Å²) in [4.78, 5) is 12.3. The minimum absolute atomic E-state index is 0.696. The van der Waals surface area contributed by atoms with Crippen LogP contribution in [0.1, 0.15) is 129 Å². The molecule has 0 saturated carbocycles. The molecule has 0 bridgehead atoms. The van der Waals surface area contributed by atoms with Crippen LogP contribution in [0.15, 0.2) is 52.6 Å². The number of aliphatic imine (C=N–C) groups is 1. The van der Waals surface area contributed by atoms with Crippen molar-refractivity contribution in [3.05, 3.63) is 53.3 Å². The van der Waals surface area contributed by atoms with E-state index < -0.39 is 0 Å². The second-order valence-electron chi connectivity index (χ2n) is 11.8. The SMILES string of the molecule is CCCCCCCCCCCCCCCCCC1=Nn2c(nc3ccc(Cl)cc32)C1=Nc1ccc(N(CC)CC)cc1. The number of hydrogen-bond donors (Lipinski definition) is 0. The van der Waals surface area contributed by atoms with E-state index in [1.54, 1.807) is 0 Å². The van der Waals surface area contributed by atoms with Gasteiger partial charge in [-0.15, -0.1) is 0 Å². The van der Waals surface area contributed by atoms with Crippen LogP contribution in [-0.2, 0) is 0 Å². The third-order valence-corrected chi connectivity index (χ3v) is 8.77. The maximum absolute atomic E-state index is 6.33. The summed E-state index contributed by atoms with van der Waals surface area (Å²) in [5.41, 5.74) is 5.92. The molecule has 0 amide bonds. The molecule has 1 aromatic heterocycles. The predicted molar refractivity (Wildman–Crippen MR) is 183 cm³/mol. The van der Waals surface area contributed by atoms with Gasteiger partial charge in [0.05, 0.1) is 22.4 Å². The highest BCUT2D eigenvalue weighted by Crippen LogP contribution is 2.28. The lowest BCUT2D eigenvalue weighted by Crippen LogP contribution is -2.21. The maximum Gasteiger partial charge on any atom is 0.182 e. The van der Waals surface area contributed by atoms with E-state index in [2.05, 4.69) is 49.9 Å². The Bertz CT molecular complexity index is 1290. The number of aromatic nitrogens is 2.